The zero-order valence-corrected chi connectivity index (χ0v) is 23.8. The smallest absolute Gasteiger partial charge is 0.308 e. The minimum atomic E-state index is -1.35. The Labute approximate surface area is 249 Å². The molecule has 0 aliphatic carbocycles. The first-order valence-electron chi connectivity index (χ1n) is 12.9. The number of esters is 1. The maximum Gasteiger partial charge on any atom is 0.308 e. The Morgan fingerprint density at radius 1 is 1.26 bits per heavy atom. The number of methoxy groups -OCH3 is 1. The highest BCUT2D eigenvalue weighted by molar-refractivity contribution is 6.32. The number of primary amides is 1. The Kier molecular flexibility index (Phi) is 12.3. The lowest BCUT2D eigenvalue weighted by Gasteiger charge is -2.25. The van der Waals surface area contributed by atoms with Crippen LogP contribution in [0.3, 0.4) is 0 Å². The molecule has 1 aliphatic rings. The van der Waals surface area contributed by atoms with Crippen molar-refractivity contribution in [3.05, 3.63) is 60.8 Å². The molecule has 1 aromatic heterocycles. The topological polar surface area (TPSA) is 234 Å². The predicted molar refractivity (Wildman–Crippen MR) is 147 cm³/mol. The number of rotatable bonds is 18. The zero-order chi connectivity index (χ0) is 31.4. The van der Waals surface area contributed by atoms with E-state index in [0.29, 0.717) is 29.7 Å². The number of aromatic nitrogens is 2. The molecule has 1 amide bonds. The molecule has 19 heteroatoms. The summed E-state index contributed by atoms with van der Waals surface area (Å²) in [4.78, 5) is 64.1. The van der Waals surface area contributed by atoms with Crippen molar-refractivity contribution in [1.82, 2.24) is 9.97 Å². The fraction of sp³-hybridized carbons (Fsp3) is 0.500. The standard InChI is InChI=1S/C24H30ClN7O11/c1-39-20-5-4-15(9-19(20)25)10-27-23-18(22(26)34)11-28-24(29-23)30-7-2-3-16(30)12-41-21(33)6-8-40-13-17(43-32(37)38)14-42-31(35)36/h4-5,9,11,16-17H,2-3,6-8,10,12-14H2,1H3,(H2,26,34)(H,27,28,29)/t16-,17-/m0/s1. The molecule has 1 aromatic carbocycles. The predicted octanol–water partition coefficient (Wildman–Crippen LogP) is 1.55. The van der Waals surface area contributed by atoms with E-state index in [1.54, 1.807) is 12.1 Å². The number of benzene rings is 1. The van der Waals surface area contributed by atoms with E-state index in [-0.39, 0.29) is 43.6 Å². The van der Waals surface area contributed by atoms with Crippen LogP contribution in [0.2, 0.25) is 5.02 Å². The van der Waals surface area contributed by atoms with E-state index >= 15 is 0 Å². The second kappa shape index (κ2) is 16.1. The van der Waals surface area contributed by atoms with Gasteiger partial charge in [0.2, 0.25) is 5.95 Å². The van der Waals surface area contributed by atoms with Crippen LogP contribution in [0, 0.1) is 20.2 Å². The number of hydrogen-bond acceptors (Lipinski definition) is 15. The molecule has 0 radical (unpaired) electrons. The number of ether oxygens (including phenoxy) is 3. The number of anilines is 2. The summed E-state index contributed by atoms with van der Waals surface area (Å²) in [5.74, 6) is -0.233. The van der Waals surface area contributed by atoms with Gasteiger partial charge in [-0.3, -0.25) is 9.59 Å². The van der Waals surface area contributed by atoms with Gasteiger partial charge in [0.05, 0.1) is 43.4 Å². The van der Waals surface area contributed by atoms with E-state index in [4.69, 9.17) is 31.5 Å². The highest BCUT2D eigenvalue weighted by atomic mass is 35.5. The van der Waals surface area contributed by atoms with Crippen LogP contribution in [-0.2, 0) is 30.5 Å². The highest BCUT2D eigenvalue weighted by Crippen LogP contribution is 2.27. The lowest BCUT2D eigenvalue weighted by atomic mass is 10.2. The summed E-state index contributed by atoms with van der Waals surface area (Å²) in [6.07, 6.45) is 1.27. The molecule has 1 fully saturated rings. The van der Waals surface area contributed by atoms with E-state index in [9.17, 15) is 29.8 Å². The van der Waals surface area contributed by atoms with Crippen molar-refractivity contribution in [3.8, 4) is 5.75 Å². The van der Waals surface area contributed by atoms with Gasteiger partial charge in [-0.05, 0) is 30.5 Å². The van der Waals surface area contributed by atoms with Crippen LogP contribution in [-0.4, -0.2) is 84.2 Å². The van der Waals surface area contributed by atoms with Gasteiger partial charge in [0.1, 0.15) is 24.8 Å². The second-order valence-corrected chi connectivity index (χ2v) is 9.49. The van der Waals surface area contributed by atoms with E-state index < -0.39 is 41.4 Å². The monoisotopic (exact) mass is 627 g/mol. The number of nitrogens with zero attached hydrogens (tertiary/aromatic N) is 5. The molecule has 1 saturated heterocycles. The minimum Gasteiger partial charge on any atom is -0.495 e. The number of hydrogen-bond donors (Lipinski definition) is 2. The van der Waals surface area contributed by atoms with Crippen molar-refractivity contribution >= 4 is 35.2 Å². The molecule has 0 unspecified atom stereocenters. The van der Waals surface area contributed by atoms with Gasteiger partial charge in [0.15, 0.2) is 6.10 Å². The third-order valence-corrected chi connectivity index (χ3v) is 6.44. The average molecular weight is 628 g/mol. The molecule has 2 atom stereocenters. The van der Waals surface area contributed by atoms with Crippen molar-refractivity contribution in [2.45, 2.75) is 38.0 Å². The second-order valence-electron chi connectivity index (χ2n) is 9.09. The molecular weight excluding hydrogens is 598 g/mol. The fourth-order valence-electron chi connectivity index (χ4n) is 4.11. The number of nitrogens with two attached hydrogens (primary N) is 1. The quantitative estimate of drug-likeness (QED) is 0.103. The van der Waals surface area contributed by atoms with Crippen LogP contribution in [0.4, 0.5) is 11.8 Å². The van der Waals surface area contributed by atoms with Crippen LogP contribution < -0.4 is 20.7 Å². The summed E-state index contributed by atoms with van der Waals surface area (Å²) in [6.45, 7) is -0.416. The van der Waals surface area contributed by atoms with E-state index in [0.717, 1.165) is 12.0 Å². The molecule has 0 bridgehead atoms. The summed E-state index contributed by atoms with van der Waals surface area (Å²) >= 11 is 6.20. The van der Waals surface area contributed by atoms with Gasteiger partial charge in [-0.1, -0.05) is 17.7 Å². The summed E-state index contributed by atoms with van der Waals surface area (Å²) in [5.41, 5.74) is 6.43. The van der Waals surface area contributed by atoms with Gasteiger partial charge < -0.3 is 39.8 Å². The molecule has 43 heavy (non-hydrogen) atoms. The normalized spacial score (nSPS) is 14.9. The molecule has 2 heterocycles. The first-order chi connectivity index (χ1) is 20.6. The number of halogens is 1. The Morgan fingerprint density at radius 3 is 2.72 bits per heavy atom. The first kappa shape index (κ1) is 32.8. The van der Waals surface area contributed by atoms with Crippen LogP contribution >= 0.6 is 11.6 Å². The fourth-order valence-corrected chi connectivity index (χ4v) is 4.39. The number of carbonyl (C=O) groups excluding carboxylic acids is 2. The van der Waals surface area contributed by atoms with Gasteiger partial charge in [-0.15, -0.1) is 20.2 Å². The summed E-state index contributed by atoms with van der Waals surface area (Å²) in [6, 6.07) is 5.01. The van der Waals surface area contributed by atoms with Crippen molar-refractivity contribution < 1.29 is 43.6 Å². The third-order valence-electron chi connectivity index (χ3n) is 6.14. The summed E-state index contributed by atoms with van der Waals surface area (Å²) < 4.78 is 15.7. The SMILES string of the molecule is COc1ccc(CNc2nc(N3CCC[C@H]3COC(=O)CCOC[C@@H](CO[N+](=O)[O-])O[N+](=O)[O-])ncc2C(N)=O)cc1Cl. The Morgan fingerprint density at radius 2 is 2.05 bits per heavy atom. The molecule has 18 nitrogen and oxygen atoms in total. The van der Waals surface area contributed by atoms with Crippen molar-refractivity contribution in [3.63, 3.8) is 0 Å². The van der Waals surface area contributed by atoms with Gasteiger partial charge in [-0.2, -0.15) is 4.98 Å². The largest absolute Gasteiger partial charge is 0.495 e. The average Bonchev–Trinajstić information content (AvgIpc) is 3.44. The minimum absolute atomic E-state index is 0.0244. The lowest BCUT2D eigenvalue weighted by molar-refractivity contribution is -0.790. The molecule has 2 aromatic rings. The molecule has 1 aliphatic heterocycles. The van der Waals surface area contributed by atoms with E-state index in [1.165, 1.54) is 13.3 Å². The van der Waals surface area contributed by atoms with Crippen molar-refractivity contribution in [2.75, 3.05) is 50.3 Å². The molecular formula is C24H30ClN7O11. The summed E-state index contributed by atoms with van der Waals surface area (Å²) in [7, 11) is 1.51. The number of carbonyl (C=O) groups is 2. The van der Waals surface area contributed by atoms with Crippen LogP contribution in [0.25, 0.3) is 0 Å². The van der Waals surface area contributed by atoms with Crippen molar-refractivity contribution in [1.29, 1.82) is 0 Å². The molecule has 0 spiro atoms. The Hall–Kier alpha value is -4.71. The Balaban J connectivity index is 1.53. The zero-order valence-electron chi connectivity index (χ0n) is 23.0. The highest BCUT2D eigenvalue weighted by Gasteiger charge is 2.29. The first-order valence-corrected chi connectivity index (χ1v) is 13.3. The molecule has 3 rings (SSSR count). The molecule has 3 N–H and O–H groups in total. The van der Waals surface area contributed by atoms with E-state index in [2.05, 4.69) is 25.0 Å². The number of nitrogens with one attached hydrogen (secondary N) is 1. The Bertz CT molecular complexity index is 1300. The maximum absolute atomic E-state index is 12.3. The van der Waals surface area contributed by atoms with Gasteiger partial charge in [0, 0.05) is 19.3 Å². The van der Waals surface area contributed by atoms with Crippen LogP contribution in [0.15, 0.2) is 24.4 Å². The maximum atomic E-state index is 12.3. The van der Waals surface area contributed by atoms with Gasteiger partial charge >= 0.3 is 5.97 Å². The third kappa shape index (κ3) is 10.3. The van der Waals surface area contributed by atoms with E-state index in [1.807, 2.05) is 11.0 Å². The molecule has 0 saturated carbocycles. The lowest BCUT2D eigenvalue weighted by Crippen LogP contribution is -2.35. The number of amides is 1. The van der Waals surface area contributed by atoms with Crippen LogP contribution in [0.5, 0.6) is 5.75 Å². The van der Waals surface area contributed by atoms with Crippen LogP contribution in [0.1, 0.15) is 35.2 Å². The van der Waals surface area contributed by atoms with Gasteiger partial charge in [0.25, 0.3) is 16.1 Å². The molecule has 234 valence electrons. The van der Waals surface area contributed by atoms with Gasteiger partial charge in [-0.25, -0.2) is 4.98 Å². The summed E-state index contributed by atoms with van der Waals surface area (Å²) in [5, 5.41) is 22.1. The van der Waals surface area contributed by atoms with Crippen molar-refractivity contribution in [2.24, 2.45) is 5.73 Å².